The second-order valence-electron chi connectivity index (χ2n) is 4.38. The third kappa shape index (κ3) is 3.47. The normalized spacial score (nSPS) is 10.8. The number of aromatic nitrogens is 1. The van der Waals surface area contributed by atoms with Gasteiger partial charge >= 0.3 is 12.0 Å². The van der Waals surface area contributed by atoms with Gasteiger partial charge in [0.1, 0.15) is 5.52 Å². The molecule has 1 heterocycles. The summed E-state index contributed by atoms with van der Waals surface area (Å²) in [6, 6.07) is 4.57. The Kier molecular flexibility index (Phi) is 4.39. The average molecular weight is 263 g/mol. The van der Waals surface area contributed by atoms with Gasteiger partial charge in [-0.2, -0.15) is 4.98 Å². The quantitative estimate of drug-likeness (QED) is 0.774. The maximum Gasteiger partial charge on any atom is 0.394 e. The number of aromatic carboxylic acids is 1. The second kappa shape index (κ2) is 6.22. The Morgan fingerprint density at radius 2 is 2.21 bits per heavy atom. The Morgan fingerprint density at radius 3 is 2.95 bits per heavy atom. The lowest BCUT2D eigenvalue weighted by Crippen LogP contribution is -1.96. The molecule has 5 heteroatoms. The highest BCUT2D eigenvalue weighted by molar-refractivity contribution is 5.91. The summed E-state index contributed by atoms with van der Waals surface area (Å²) in [7, 11) is 0. The largest absolute Gasteiger partial charge is 0.478 e. The summed E-state index contributed by atoms with van der Waals surface area (Å²) >= 11 is 0. The molecule has 0 saturated heterocycles. The van der Waals surface area contributed by atoms with Gasteiger partial charge in [0.2, 0.25) is 0 Å². The molecule has 1 aromatic carbocycles. The summed E-state index contributed by atoms with van der Waals surface area (Å²) in [6.45, 7) is 2.72. The van der Waals surface area contributed by atoms with Gasteiger partial charge in [-0.25, -0.2) is 4.79 Å². The van der Waals surface area contributed by atoms with Gasteiger partial charge in [-0.05, 0) is 24.6 Å². The lowest BCUT2D eigenvalue weighted by molar-refractivity contribution is 0.0697. The summed E-state index contributed by atoms with van der Waals surface area (Å²) in [4.78, 5) is 15.0. The van der Waals surface area contributed by atoms with Crippen molar-refractivity contribution >= 4 is 17.1 Å². The van der Waals surface area contributed by atoms with Crippen LogP contribution in [0.4, 0.5) is 0 Å². The van der Waals surface area contributed by atoms with Gasteiger partial charge in [0.05, 0.1) is 12.2 Å². The van der Waals surface area contributed by atoms with Gasteiger partial charge in [-0.15, -0.1) is 0 Å². The predicted octanol–water partition coefficient (Wildman–Crippen LogP) is 3.49. The molecule has 0 amide bonds. The first kappa shape index (κ1) is 13.4. The number of rotatable bonds is 7. The molecule has 0 atom stereocenters. The zero-order valence-electron chi connectivity index (χ0n) is 10.9. The Bertz CT molecular complexity index is 562. The topological polar surface area (TPSA) is 72.6 Å². The van der Waals surface area contributed by atoms with Gasteiger partial charge in [0.25, 0.3) is 0 Å². The van der Waals surface area contributed by atoms with Crippen molar-refractivity contribution in [2.24, 2.45) is 0 Å². The molecule has 0 saturated carbocycles. The van der Waals surface area contributed by atoms with E-state index in [2.05, 4.69) is 11.9 Å². The van der Waals surface area contributed by atoms with Gasteiger partial charge in [0.15, 0.2) is 5.58 Å². The van der Waals surface area contributed by atoms with Crippen molar-refractivity contribution in [3.05, 3.63) is 23.8 Å². The average Bonchev–Trinajstić information content (AvgIpc) is 2.80. The highest BCUT2D eigenvalue weighted by Gasteiger charge is 2.10. The minimum Gasteiger partial charge on any atom is -0.478 e. The van der Waals surface area contributed by atoms with Gasteiger partial charge in [-0.3, -0.25) is 0 Å². The molecular weight excluding hydrogens is 246 g/mol. The molecule has 5 nitrogen and oxygen atoms in total. The molecule has 0 spiro atoms. The molecule has 19 heavy (non-hydrogen) atoms. The van der Waals surface area contributed by atoms with E-state index < -0.39 is 5.97 Å². The van der Waals surface area contributed by atoms with Crippen LogP contribution >= 0.6 is 0 Å². The number of benzene rings is 1. The molecule has 0 aliphatic heterocycles. The number of hydrogen-bond donors (Lipinski definition) is 1. The number of oxazole rings is 1. The van der Waals surface area contributed by atoms with Crippen molar-refractivity contribution in [2.45, 2.75) is 32.6 Å². The smallest absolute Gasteiger partial charge is 0.394 e. The first-order valence-corrected chi connectivity index (χ1v) is 6.47. The Labute approximate surface area is 111 Å². The van der Waals surface area contributed by atoms with Gasteiger partial charge < -0.3 is 14.3 Å². The highest BCUT2D eigenvalue weighted by atomic mass is 16.6. The summed E-state index contributed by atoms with van der Waals surface area (Å²) in [5.41, 5.74) is 1.22. The third-order valence-corrected chi connectivity index (χ3v) is 2.84. The summed E-state index contributed by atoms with van der Waals surface area (Å²) in [6.07, 6.45) is 4.67. The Balaban J connectivity index is 1.99. The van der Waals surface area contributed by atoms with Crippen LogP contribution in [0, 0.1) is 0 Å². The van der Waals surface area contributed by atoms with Crippen molar-refractivity contribution in [1.29, 1.82) is 0 Å². The van der Waals surface area contributed by atoms with Crippen molar-refractivity contribution in [3.8, 4) is 6.08 Å². The van der Waals surface area contributed by atoms with Crippen LogP contribution in [-0.4, -0.2) is 22.7 Å². The zero-order valence-corrected chi connectivity index (χ0v) is 10.9. The van der Waals surface area contributed by atoms with E-state index in [1.807, 2.05) is 0 Å². The van der Waals surface area contributed by atoms with Crippen LogP contribution in [0.1, 0.15) is 43.0 Å². The molecule has 0 radical (unpaired) electrons. The molecule has 2 aromatic rings. The zero-order chi connectivity index (χ0) is 13.7. The van der Waals surface area contributed by atoms with E-state index in [0.29, 0.717) is 17.7 Å². The van der Waals surface area contributed by atoms with Crippen molar-refractivity contribution in [1.82, 2.24) is 4.98 Å². The van der Waals surface area contributed by atoms with E-state index in [9.17, 15) is 4.79 Å². The molecule has 0 unspecified atom stereocenters. The van der Waals surface area contributed by atoms with E-state index >= 15 is 0 Å². The van der Waals surface area contributed by atoms with Crippen molar-refractivity contribution < 1.29 is 19.1 Å². The fourth-order valence-corrected chi connectivity index (χ4v) is 1.79. The summed E-state index contributed by atoms with van der Waals surface area (Å²) in [5, 5.41) is 8.88. The SMILES string of the molecule is CCCCCCOc1nc2ccc(C(=O)O)cc2o1. The van der Waals surface area contributed by atoms with E-state index in [1.54, 1.807) is 6.07 Å². The van der Waals surface area contributed by atoms with E-state index in [-0.39, 0.29) is 11.6 Å². The molecule has 0 bridgehead atoms. The molecule has 1 aromatic heterocycles. The molecule has 0 aliphatic carbocycles. The second-order valence-corrected chi connectivity index (χ2v) is 4.38. The number of carboxylic acid groups (broad SMARTS) is 1. The standard InChI is InChI=1S/C14H17NO4/c1-2-3-4-5-8-18-14-15-11-7-6-10(13(16)17)9-12(11)19-14/h6-7,9H,2-5,8H2,1H3,(H,16,17). The lowest BCUT2D eigenvalue weighted by Gasteiger charge is -1.99. The molecular formula is C14H17NO4. The molecule has 1 N–H and O–H groups in total. The van der Waals surface area contributed by atoms with Gasteiger partial charge in [0, 0.05) is 0 Å². The summed E-state index contributed by atoms with van der Waals surface area (Å²) in [5.74, 6) is -0.986. The Hall–Kier alpha value is -2.04. The number of carboxylic acids is 1. The maximum absolute atomic E-state index is 10.8. The van der Waals surface area contributed by atoms with Crippen LogP contribution in [0.15, 0.2) is 22.6 Å². The molecule has 0 aliphatic rings. The van der Waals surface area contributed by atoms with E-state index in [1.165, 1.54) is 25.0 Å². The Morgan fingerprint density at radius 1 is 1.37 bits per heavy atom. The van der Waals surface area contributed by atoms with E-state index in [4.69, 9.17) is 14.3 Å². The molecule has 102 valence electrons. The van der Waals surface area contributed by atoms with Crippen molar-refractivity contribution in [2.75, 3.05) is 6.61 Å². The minimum atomic E-state index is -0.986. The first-order chi connectivity index (χ1) is 9.20. The first-order valence-electron chi connectivity index (χ1n) is 6.47. The van der Waals surface area contributed by atoms with Crippen LogP contribution in [0.3, 0.4) is 0 Å². The predicted molar refractivity (Wildman–Crippen MR) is 70.6 cm³/mol. The summed E-state index contributed by atoms with van der Waals surface area (Å²) < 4.78 is 10.8. The van der Waals surface area contributed by atoms with Crippen LogP contribution in [0.2, 0.25) is 0 Å². The van der Waals surface area contributed by atoms with Crippen molar-refractivity contribution in [3.63, 3.8) is 0 Å². The number of nitrogens with zero attached hydrogens (tertiary/aromatic N) is 1. The molecule has 2 rings (SSSR count). The van der Waals surface area contributed by atoms with Crippen LogP contribution in [-0.2, 0) is 0 Å². The lowest BCUT2D eigenvalue weighted by atomic mass is 10.2. The van der Waals surface area contributed by atoms with Crippen LogP contribution < -0.4 is 4.74 Å². The molecule has 0 fully saturated rings. The number of carbonyl (C=O) groups is 1. The third-order valence-electron chi connectivity index (χ3n) is 2.84. The maximum atomic E-state index is 10.8. The number of hydrogen-bond acceptors (Lipinski definition) is 4. The number of unbranched alkanes of at least 4 members (excludes halogenated alkanes) is 3. The van der Waals surface area contributed by atoms with Crippen LogP contribution in [0.5, 0.6) is 6.08 Å². The fraction of sp³-hybridized carbons (Fsp3) is 0.429. The van der Waals surface area contributed by atoms with Gasteiger partial charge in [-0.1, -0.05) is 26.2 Å². The number of fused-ring (bicyclic) bond motifs is 1. The van der Waals surface area contributed by atoms with Crippen LogP contribution in [0.25, 0.3) is 11.1 Å². The number of ether oxygens (including phenoxy) is 1. The fourth-order valence-electron chi connectivity index (χ4n) is 1.79. The monoisotopic (exact) mass is 263 g/mol. The minimum absolute atomic E-state index is 0.179. The van der Waals surface area contributed by atoms with E-state index in [0.717, 1.165) is 12.8 Å². The highest BCUT2D eigenvalue weighted by Crippen LogP contribution is 2.22.